The van der Waals surface area contributed by atoms with Gasteiger partial charge >= 0.3 is 0 Å². The molecule has 0 radical (unpaired) electrons. The highest BCUT2D eigenvalue weighted by Crippen LogP contribution is 2.59. The lowest BCUT2D eigenvalue weighted by molar-refractivity contribution is 1.76. The van der Waals surface area contributed by atoms with Crippen LogP contribution in [0.1, 0.15) is 0 Å². The van der Waals surface area contributed by atoms with Crippen molar-refractivity contribution in [3.63, 3.8) is 0 Å². The maximum Gasteiger partial charge on any atom is 0.266 e. The predicted octanol–water partition coefficient (Wildman–Crippen LogP) is 5.95. The first kappa shape index (κ1) is 14.5. The third-order valence-corrected chi connectivity index (χ3v) is 0. The minimum absolute atomic E-state index is 0.183. The van der Waals surface area contributed by atoms with Crippen molar-refractivity contribution in [2.45, 2.75) is 3.25 Å². The summed E-state index contributed by atoms with van der Waals surface area (Å²) in [5, 5.41) is 0. The summed E-state index contributed by atoms with van der Waals surface area (Å²) in [7, 11) is 0. The molecule has 0 saturated heterocycles. The Morgan fingerprint density at radius 2 is 0.889 bits per heavy atom. The molecule has 0 heterocycles. The van der Waals surface area contributed by atoms with Crippen molar-refractivity contribution in [3.05, 3.63) is 0 Å². The molecule has 0 spiro atoms. The van der Waals surface area contributed by atoms with Gasteiger partial charge in [0.15, 0.2) is 0 Å². The first-order chi connectivity index (χ1) is 3.73. The molecule has 0 aromatic carbocycles. The number of alkyl halides is 4. The third kappa shape index (κ3) is 98.0. The van der Waals surface area contributed by atoms with Crippen LogP contribution in [0.25, 0.3) is 0 Å². The van der Waals surface area contributed by atoms with E-state index in [0.29, 0.717) is 0 Å². The highest BCUT2D eigenvalue weighted by atomic mass is 80.0. The molecule has 0 fully saturated rings. The van der Waals surface area contributed by atoms with Crippen LogP contribution in [0.3, 0.4) is 0 Å². The van der Waals surface area contributed by atoms with Crippen molar-refractivity contribution < 1.29 is 0 Å². The van der Waals surface area contributed by atoms with E-state index in [1.165, 1.54) is 0 Å². The monoisotopic (exact) mass is 420 g/mol. The van der Waals surface area contributed by atoms with Gasteiger partial charge in [0.2, 0.25) is 0 Å². The first-order valence-corrected chi connectivity index (χ1v) is 10.2. The smallest absolute Gasteiger partial charge is 0.0664 e. The molecule has 0 bridgehead atoms. The predicted molar refractivity (Wildman–Crippen MR) is 59.8 cm³/mol. The van der Waals surface area contributed by atoms with Crippen molar-refractivity contribution in [2.75, 3.05) is 0 Å². The van der Waals surface area contributed by atoms with Crippen LogP contribution in [0.5, 0.6) is 0 Å². The Kier molecular flexibility index (Phi) is 12.4. The van der Waals surface area contributed by atoms with Crippen LogP contribution < -0.4 is 0 Å². The molecule has 0 aromatic heterocycles. The molecule has 0 N–H and O–H groups in total. The molecular formula is CBr3Cl4P. The molecule has 0 amide bonds. The fraction of sp³-hybridized carbons (Fsp3) is 1.00. The van der Waals surface area contributed by atoms with E-state index in [1.54, 1.807) is 0 Å². The van der Waals surface area contributed by atoms with Crippen LogP contribution in [0.2, 0.25) is 0 Å². The van der Waals surface area contributed by atoms with Crippen LogP contribution in [0.4, 0.5) is 0 Å². The van der Waals surface area contributed by atoms with Crippen LogP contribution in [-0.2, 0) is 0 Å². The fourth-order valence-electron chi connectivity index (χ4n) is 0. The summed E-state index contributed by atoms with van der Waals surface area (Å²) >= 11 is 28.8. The highest BCUT2D eigenvalue weighted by molar-refractivity contribution is 9.93. The van der Waals surface area contributed by atoms with Crippen molar-refractivity contribution in [1.29, 1.82) is 0 Å². The summed E-state index contributed by atoms with van der Waals surface area (Å²) in [6, 6.07) is 0. The van der Waals surface area contributed by atoms with Gasteiger partial charge in [-0.3, -0.25) is 0 Å². The van der Waals surface area contributed by atoms with E-state index in [4.69, 9.17) is 46.4 Å². The highest BCUT2D eigenvalue weighted by Gasteiger charge is 2.11. The Morgan fingerprint density at radius 3 is 0.889 bits per heavy atom. The zero-order valence-electron chi connectivity index (χ0n) is 3.59. The molecule has 0 aliphatic rings. The van der Waals surface area contributed by atoms with Crippen LogP contribution in [0, 0.1) is 0 Å². The molecule has 9 heavy (non-hydrogen) atoms. The summed E-state index contributed by atoms with van der Waals surface area (Å²) in [5.74, 6) is 0. The minimum Gasteiger partial charge on any atom is -0.0664 e. The van der Waals surface area contributed by atoms with E-state index in [-0.39, 0.29) is 4.03 Å². The Labute approximate surface area is 98.9 Å². The molecular weight excluding hydrogens is 425 g/mol. The van der Waals surface area contributed by atoms with Crippen molar-refractivity contribution in [3.8, 4) is 0 Å². The summed E-state index contributed by atoms with van der Waals surface area (Å²) < 4.78 is -1.79. The van der Waals surface area contributed by atoms with Gasteiger partial charge in [-0.25, -0.2) is 0 Å². The van der Waals surface area contributed by atoms with Gasteiger partial charge in [0.05, 0.1) is 0 Å². The summed E-state index contributed by atoms with van der Waals surface area (Å²) in [6.07, 6.45) is 0. The second kappa shape index (κ2) is 7.67. The largest absolute Gasteiger partial charge is 0.266 e. The third-order valence-electron chi connectivity index (χ3n) is 0. The lowest BCUT2D eigenvalue weighted by Crippen LogP contribution is -1.81. The molecule has 0 atom stereocenters. The standard InChI is InChI=1S/CCl4.Br3P/c2-1(3,4)5;1-4(2)3. The van der Waals surface area contributed by atoms with Gasteiger partial charge in [-0.1, -0.05) is 46.4 Å². The Bertz CT molecular complexity index is 52.6. The summed E-state index contributed by atoms with van der Waals surface area (Å²) in [4.78, 5) is 0. The first-order valence-electron chi connectivity index (χ1n) is 1.26. The van der Waals surface area contributed by atoms with E-state index in [2.05, 4.69) is 46.5 Å². The lowest BCUT2D eigenvalue weighted by atomic mass is 11.8. The number of rotatable bonds is 0. The quantitative estimate of drug-likeness (QED) is 0.333. The van der Waals surface area contributed by atoms with Gasteiger partial charge in [0.25, 0.3) is 3.25 Å². The van der Waals surface area contributed by atoms with Crippen LogP contribution in [-0.4, -0.2) is 3.25 Å². The van der Waals surface area contributed by atoms with E-state index in [9.17, 15) is 0 Å². The Morgan fingerprint density at radius 1 is 0.889 bits per heavy atom. The van der Waals surface area contributed by atoms with E-state index < -0.39 is 3.25 Å². The number of hydrogen-bond acceptors (Lipinski definition) is 0. The van der Waals surface area contributed by atoms with E-state index >= 15 is 0 Å². The lowest BCUT2D eigenvalue weighted by Gasteiger charge is -1.91. The van der Waals surface area contributed by atoms with E-state index in [0.717, 1.165) is 0 Å². The second-order valence-corrected chi connectivity index (χ2v) is 19.4. The molecule has 0 rings (SSSR count). The average molecular weight is 425 g/mol. The molecule has 0 aliphatic heterocycles. The molecule has 0 unspecified atom stereocenters. The van der Waals surface area contributed by atoms with Gasteiger partial charge in [0.1, 0.15) is 4.03 Å². The minimum atomic E-state index is -1.61. The zero-order chi connectivity index (χ0) is 8.08. The van der Waals surface area contributed by atoms with Crippen LogP contribution in [0.15, 0.2) is 0 Å². The molecule has 0 aromatic rings. The topological polar surface area (TPSA) is 0 Å². The molecule has 0 nitrogen and oxygen atoms in total. The molecule has 58 valence electrons. The Balaban J connectivity index is 0. The maximum absolute atomic E-state index is 4.83. The second-order valence-electron chi connectivity index (χ2n) is 0.620. The summed E-state index contributed by atoms with van der Waals surface area (Å²) in [5.41, 5.74) is 0. The van der Waals surface area contributed by atoms with Crippen LogP contribution >= 0.6 is 96.9 Å². The zero-order valence-corrected chi connectivity index (χ0v) is 12.3. The van der Waals surface area contributed by atoms with E-state index in [1.807, 2.05) is 0 Å². The SMILES string of the molecule is BrP(Br)Br.ClC(Cl)(Cl)Cl. The van der Waals surface area contributed by atoms with Gasteiger partial charge < -0.3 is 0 Å². The van der Waals surface area contributed by atoms with Gasteiger partial charge in [-0.05, 0) is 46.5 Å². The van der Waals surface area contributed by atoms with Gasteiger partial charge in [-0.15, -0.1) is 0 Å². The fourth-order valence-corrected chi connectivity index (χ4v) is 0. The van der Waals surface area contributed by atoms with Crippen molar-refractivity contribution in [1.82, 2.24) is 0 Å². The molecule has 8 heteroatoms. The number of halogens is 7. The van der Waals surface area contributed by atoms with Crippen molar-refractivity contribution >= 4 is 96.9 Å². The molecule has 0 saturated carbocycles. The van der Waals surface area contributed by atoms with Gasteiger partial charge in [0, 0.05) is 0 Å². The molecule has 0 aliphatic carbocycles. The average Bonchev–Trinajstić information content (AvgIpc) is 1.19. The normalized spacial score (nSPS) is 10.7. The maximum atomic E-state index is 4.83. The van der Waals surface area contributed by atoms with Crippen molar-refractivity contribution in [2.24, 2.45) is 0 Å². The van der Waals surface area contributed by atoms with Gasteiger partial charge in [-0.2, -0.15) is 0 Å². The number of hydrogen-bond donors (Lipinski definition) is 0. The summed E-state index contributed by atoms with van der Waals surface area (Å²) in [6.45, 7) is 0. The Hall–Kier alpha value is 3.03.